The van der Waals surface area contributed by atoms with E-state index in [2.05, 4.69) is 15.3 Å². The Hall–Kier alpha value is -1.49. The van der Waals surface area contributed by atoms with E-state index < -0.39 is 0 Å². The van der Waals surface area contributed by atoms with Crippen molar-refractivity contribution in [3.8, 4) is 0 Å². The van der Waals surface area contributed by atoms with Crippen LogP contribution in [-0.2, 0) is 13.0 Å². The summed E-state index contributed by atoms with van der Waals surface area (Å²) < 4.78 is 13.7. The van der Waals surface area contributed by atoms with Gasteiger partial charge in [0.25, 0.3) is 0 Å². The summed E-state index contributed by atoms with van der Waals surface area (Å²) in [5.74, 6) is -0.0678. The van der Waals surface area contributed by atoms with Crippen LogP contribution in [0.15, 0.2) is 23.8 Å². The van der Waals surface area contributed by atoms with E-state index in [-0.39, 0.29) is 11.6 Å². The number of aryl methyl sites for hydroxylation is 1. The van der Waals surface area contributed by atoms with Crippen molar-refractivity contribution in [1.29, 1.82) is 0 Å². The highest BCUT2D eigenvalue weighted by molar-refractivity contribution is 7.09. The minimum absolute atomic E-state index is 0.278. The van der Waals surface area contributed by atoms with Gasteiger partial charge in [-0.3, -0.25) is 0 Å². The molecular formula is C11H12FN3S. The molecular weight excluding hydrogens is 225 g/mol. The Morgan fingerprint density at radius 1 is 1.44 bits per heavy atom. The smallest absolute Gasteiger partial charge is 0.186 e. The number of hydrogen-bond donors (Lipinski definition) is 1. The zero-order chi connectivity index (χ0) is 11.4. The molecule has 0 radical (unpaired) electrons. The zero-order valence-corrected chi connectivity index (χ0v) is 9.72. The van der Waals surface area contributed by atoms with Crippen LogP contribution in [0.25, 0.3) is 0 Å². The van der Waals surface area contributed by atoms with Gasteiger partial charge >= 0.3 is 0 Å². The highest BCUT2D eigenvalue weighted by Crippen LogP contribution is 2.15. The average molecular weight is 237 g/mol. The summed E-state index contributed by atoms with van der Waals surface area (Å²) in [5, 5.41) is 4.97. The van der Waals surface area contributed by atoms with Gasteiger partial charge in [0, 0.05) is 4.88 Å². The van der Waals surface area contributed by atoms with Crippen molar-refractivity contribution in [3.63, 3.8) is 0 Å². The monoisotopic (exact) mass is 237 g/mol. The molecule has 0 unspecified atom stereocenters. The second-order valence-corrected chi connectivity index (χ2v) is 4.30. The summed E-state index contributed by atoms with van der Waals surface area (Å²) in [7, 11) is 0. The minimum Gasteiger partial charge on any atom is -0.363 e. The second-order valence-electron chi connectivity index (χ2n) is 3.27. The van der Waals surface area contributed by atoms with E-state index in [9.17, 15) is 4.39 Å². The molecule has 0 saturated carbocycles. The van der Waals surface area contributed by atoms with Crippen LogP contribution in [0.4, 0.5) is 10.2 Å². The van der Waals surface area contributed by atoms with Crippen LogP contribution in [0.5, 0.6) is 0 Å². The number of hydrogen-bond acceptors (Lipinski definition) is 4. The number of nitrogens with one attached hydrogen (secondary N) is 1. The molecule has 5 heteroatoms. The van der Waals surface area contributed by atoms with E-state index in [4.69, 9.17) is 0 Å². The number of rotatable bonds is 4. The van der Waals surface area contributed by atoms with Crippen LogP contribution < -0.4 is 5.32 Å². The first-order valence-electron chi connectivity index (χ1n) is 5.07. The van der Waals surface area contributed by atoms with Gasteiger partial charge in [-0.2, -0.15) is 0 Å². The quantitative estimate of drug-likeness (QED) is 0.888. The SMILES string of the molecule is CCc1ncnc(NCc2cccs2)c1F. The minimum atomic E-state index is -0.346. The molecule has 0 spiro atoms. The molecule has 0 fully saturated rings. The molecule has 0 saturated heterocycles. The highest BCUT2D eigenvalue weighted by atomic mass is 32.1. The number of halogens is 1. The van der Waals surface area contributed by atoms with Crippen LogP contribution in [0.3, 0.4) is 0 Å². The predicted molar refractivity (Wildman–Crippen MR) is 63.0 cm³/mol. The first kappa shape index (κ1) is 11.0. The lowest BCUT2D eigenvalue weighted by atomic mass is 10.3. The first-order chi connectivity index (χ1) is 7.81. The molecule has 1 N–H and O–H groups in total. The van der Waals surface area contributed by atoms with Gasteiger partial charge in [-0.25, -0.2) is 14.4 Å². The lowest BCUT2D eigenvalue weighted by Gasteiger charge is -2.06. The Kier molecular flexibility index (Phi) is 3.46. The van der Waals surface area contributed by atoms with Crippen LogP contribution in [0.1, 0.15) is 17.5 Å². The fourth-order valence-electron chi connectivity index (χ4n) is 1.36. The molecule has 84 valence electrons. The van der Waals surface area contributed by atoms with E-state index >= 15 is 0 Å². The van der Waals surface area contributed by atoms with Gasteiger partial charge in [-0.15, -0.1) is 11.3 Å². The molecule has 0 aliphatic heterocycles. The maximum Gasteiger partial charge on any atom is 0.186 e. The Morgan fingerprint density at radius 2 is 2.31 bits per heavy atom. The van der Waals surface area contributed by atoms with E-state index in [1.807, 2.05) is 24.4 Å². The topological polar surface area (TPSA) is 37.8 Å². The number of anilines is 1. The molecule has 0 amide bonds. The van der Waals surface area contributed by atoms with Crippen LogP contribution in [0, 0.1) is 5.82 Å². The average Bonchev–Trinajstić information content (AvgIpc) is 2.81. The number of nitrogens with zero attached hydrogens (tertiary/aromatic N) is 2. The van der Waals surface area contributed by atoms with Crippen molar-refractivity contribution in [2.45, 2.75) is 19.9 Å². The number of aromatic nitrogens is 2. The van der Waals surface area contributed by atoms with Crippen LogP contribution in [-0.4, -0.2) is 9.97 Å². The molecule has 0 aliphatic carbocycles. The fourth-order valence-corrected chi connectivity index (χ4v) is 2.00. The highest BCUT2D eigenvalue weighted by Gasteiger charge is 2.08. The standard InChI is InChI=1S/C11H12FN3S/c1-2-9-10(12)11(15-7-14-9)13-6-8-4-3-5-16-8/h3-5,7H,2,6H2,1H3,(H,13,14,15). The maximum atomic E-state index is 13.7. The lowest BCUT2D eigenvalue weighted by Crippen LogP contribution is -2.05. The number of thiophene rings is 1. The summed E-state index contributed by atoms with van der Waals surface area (Å²) >= 11 is 1.63. The molecule has 0 atom stereocenters. The molecule has 0 aromatic carbocycles. The second kappa shape index (κ2) is 5.03. The van der Waals surface area contributed by atoms with Gasteiger partial charge in [0.15, 0.2) is 11.6 Å². The van der Waals surface area contributed by atoms with E-state index in [0.717, 1.165) is 4.88 Å². The summed E-state index contributed by atoms with van der Waals surface area (Å²) in [6.45, 7) is 2.46. The Balaban J connectivity index is 2.09. The molecule has 2 aromatic rings. The van der Waals surface area contributed by atoms with Crippen molar-refractivity contribution in [2.75, 3.05) is 5.32 Å². The van der Waals surface area contributed by atoms with Gasteiger partial charge in [0.05, 0.1) is 12.2 Å². The molecule has 0 aliphatic rings. The Morgan fingerprint density at radius 3 is 3.00 bits per heavy atom. The van der Waals surface area contributed by atoms with Gasteiger partial charge < -0.3 is 5.32 Å². The normalized spacial score (nSPS) is 10.4. The molecule has 16 heavy (non-hydrogen) atoms. The maximum absolute atomic E-state index is 13.7. The van der Waals surface area contributed by atoms with Crippen molar-refractivity contribution in [1.82, 2.24) is 9.97 Å². The van der Waals surface area contributed by atoms with Crippen molar-refractivity contribution < 1.29 is 4.39 Å². The summed E-state index contributed by atoms with van der Waals surface area (Å²) in [5.41, 5.74) is 0.448. The molecule has 2 heterocycles. The molecule has 2 aromatic heterocycles. The first-order valence-corrected chi connectivity index (χ1v) is 5.95. The van der Waals surface area contributed by atoms with Gasteiger partial charge in [-0.1, -0.05) is 13.0 Å². The summed E-state index contributed by atoms with van der Waals surface area (Å²) in [6.07, 6.45) is 1.96. The van der Waals surface area contributed by atoms with Crippen molar-refractivity contribution in [3.05, 3.63) is 40.2 Å². The molecule has 3 nitrogen and oxygen atoms in total. The van der Waals surface area contributed by atoms with Crippen LogP contribution in [0.2, 0.25) is 0 Å². The van der Waals surface area contributed by atoms with Gasteiger partial charge in [-0.05, 0) is 17.9 Å². The van der Waals surface area contributed by atoms with Gasteiger partial charge in [0.1, 0.15) is 6.33 Å². The Labute approximate surface area is 97.4 Å². The summed E-state index contributed by atoms with van der Waals surface area (Å²) in [6, 6.07) is 3.97. The predicted octanol–water partition coefficient (Wildman–Crippen LogP) is 2.85. The summed E-state index contributed by atoms with van der Waals surface area (Å²) in [4.78, 5) is 8.92. The van der Waals surface area contributed by atoms with Crippen LogP contribution >= 0.6 is 11.3 Å². The lowest BCUT2D eigenvalue weighted by molar-refractivity contribution is 0.597. The fraction of sp³-hybridized carbons (Fsp3) is 0.273. The Bertz CT molecular complexity index is 456. The third-order valence-corrected chi connectivity index (χ3v) is 3.08. The third kappa shape index (κ3) is 2.36. The third-order valence-electron chi connectivity index (χ3n) is 2.21. The largest absolute Gasteiger partial charge is 0.363 e. The van der Waals surface area contributed by atoms with Gasteiger partial charge in [0.2, 0.25) is 0 Å². The molecule has 0 bridgehead atoms. The van der Waals surface area contributed by atoms with Crippen molar-refractivity contribution in [2.24, 2.45) is 0 Å². The van der Waals surface area contributed by atoms with E-state index in [0.29, 0.717) is 18.7 Å². The van der Waals surface area contributed by atoms with Crippen molar-refractivity contribution >= 4 is 17.2 Å². The van der Waals surface area contributed by atoms with E-state index in [1.54, 1.807) is 11.3 Å². The zero-order valence-electron chi connectivity index (χ0n) is 8.90. The van der Waals surface area contributed by atoms with E-state index in [1.165, 1.54) is 6.33 Å². The molecule has 2 rings (SSSR count).